The van der Waals surface area contributed by atoms with E-state index in [1.165, 1.54) is 13.3 Å². The molecule has 0 bridgehead atoms. The maximum Gasteiger partial charge on any atom is 0.357 e. The average molecular weight is 303 g/mol. The molecule has 0 N–H and O–H groups in total. The molecule has 2 aromatic rings. The van der Waals surface area contributed by atoms with Gasteiger partial charge in [-0.3, -0.25) is 0 Å². The lowest BCUT2D eigenvalue weighted by Crippen LogP contribution is -2.37. The van der Waals surface area contributed by atoms with Crippen molar-refractivity contribution < 1.29 is 13.9 Å². The zero-order valence-electron chi connectivity index (χ0n) is 12.6. The number of rotatable bonds is 3. The van der Waals surface area contributed by atoms with Crippen molar-refractivity contribution >= 4 is 19.2 Å². The average Bonchev–Trinajstić information content (AvgIpc) is 2.45. The van der Waals surface area contributed by atoms with Crippen molar-refractivity contribution in [2.24, 2.45) is 0 Å². The fraction of sp³-hybridized carbons (Fsp3) is 0.250. The van der Waals surface area contributed by atoms with Crippen molar-refractivity contribution in [2.75, 3.05) is 7.11 Å². The quantitative estimate of drug-likeness (QED) is 0.645. The van der Waals surface area contributed by atoms with E-state index in [0.29, 0.717) is 11.1 Å². The van der Waals surface area contributed by atoms with E-state index in [1.807, 2.05) is 6.07 Å². The fourth-order valence-corrected chi connectivity index (χ4v) is 3.23. The summed E-state index contributed by atoms with van der Waals surface area (Å²) in [5.74, 6) is -0.910. The molecule has 0 atom stereocenters. The first-order valence-electron chi connectivity index (χ1n) is 6.68. The highest BCUT2D eigenvalue weighted by Crippen LogP contribution is 2.25. The third-order valence-electron chi connectivity index (χ3n) is 3.31. The van der Waals surface area contributed by atoms with Crippen LogP contribution in [0.3, 0.4) is 0 Å². The standard InChI is InChI=1S/C16H18FNO2Si/c1-20-16(19)15-13(6-5-9-18-15)12-8-7-11(10-14(12)17)21(2,3)4/h5-10H,1-4H3. The van der Waals surface area contributed by atoms with Gasteiger partial charge in [-0.1, -0.05) is 43.0 Å². The van der Waals surface area contributed by atoms with Gasteiger partial charge in [0.05, 0.1) is 15.2 Å². The molecule has 1 aromatic carbocycles. The highest BCUT2D eigenvalue weighted by atomic mass is 28.3. The number of esters is 1. The van der Waals surface area contributed by atoms with Gasteiger partial charge in [0.1, 0.15) is 5.82 Å². The van der Waals surface area contributed by atoms with E-state index in [-0.39, 0.29) is 11.5 Å². The van der Waals surface area contributed by atoms with E-state index in [2.05, 4.69) is 24.6 Å². The molecule has 0 saturated heterocycles. The summed E-state index contributed by atoms with van der Waals surface area (Å²) < 4.78 is 19.2. The number of hydrogen-bond donors (Lipinski definition) is 0. The van der Waals surface area contributed by atoms with E-state index in [4.69, 9.17) is 4.74 Å². The highest BCUT2D eigenvalue weighted by molar-refractivity contribution is 6.88. The Kier molecular flexibility index (Phi) is 4.23. The molecule has 1 heterocycles. The SMILES string of the molecule is COC(=O)c1ncccc1-c1ccc([Si](C)(C)C)cc1F. The first-order chi connectivity index (χ1) is 9.84. The normalized spacial score (nSPS) is 11.3. The molecule has 21 heavy (non-hydrogen) atoms. The maximum absolute atomic E-state index is 14.5. The lowest BCUT2D eigenvalue weighted by Gasteiger charge is -2.17. The van der Waals surface area contributed by atoms with Gasteiger partial charge in [-0.05, 0) is 12.1 Å². The molecule has 110 valence electrons. The Hall–Kier alpha value is -2.01. The summed E-state index contributed by atoms with van der Waals surface area (Å²) in [4.78, 5) is 15.8. The first kappa shape index (κ1) is 15.4. The summed E-state index contributed by atoms with van der Waals surface area (Å²) in [5.41, 5.74) is 0.939. The van der Waals surface area contributed by atoms with Crippen LogP contribution < -0.4 is 5.19 Å². The molecule has 0 amide bonds. The predicted octanol–water partition coefficient (Wildman–Crippen LogP) is 3.22. The zero-order chi connectivity index (χ0) is 15.6. The van der Waals surface area contributed by atoms with Crippen molar-refractivity contribution in [1.29, 1.82) is 0 Å². The second-order valence-electron chi connectivity index (χ2n) is 5.84. The summed E-state index contributed by atoms with van der Waals surface area (Å²) in [5, 5.41) is 1.03. The largest absolute Gasteiger partial charge is 0.464 e. The van der Waals surface area contributed by atoms with Gasteiger partial charge in [0.25, 0.3) is 0 Å². The third-order valence-corrected chi connectivity index (χ3v) is 5.35. The zero-order valence-corrected chi connectivity index (χ0v) is 13.6. The van der Waals surface area contributed by atoms with Crippen LogP contribution in [0, 0.1) is 5.82 Å². The van der Waals surface area contributed by atoms with E-state index in [0.717, 1.165) is 5.19 Å². The Labute approximate surface area is 124 Å². The van der Waals surface area contributed by atoms with E-state index in [9.17, 15) is 9.18 Å². The third kappa shape index (κ3) is 3.19. The first-order valence-corrected chi connectivity index (χ1v) is 10.2. The molecule has 0 aliphatic rings. The fourth-order valence-electron chi connectivity index (χ4n) is 2.08. The molecule has 0 aliphatic carbocycles. The summed E-state index contributed by atoms with van der Waals surface area (Å²) in [6, 6.07) is 8.56. The molecule has 0 fully saturated rings. The molecular weight excluding hydrogens is 285 g/mol. The molecule has 5 heteroatoms. The van der Waals surface area contributed by atoms with Crippen LogP contribution >= 0.6 is 0 Å². The number of halogens is 1. The molecule has 0 saturated carbocycles. The molecule has 0 unspecified atom stereocenters. The number of benzene rings is 1. The van der Waals surface area contributed by atoms with Gasteiger partial charge in [-0.25, -0.2) is 14.2 Å². The lowest BCUT2D eigenvalue weighted by molar-refractivity contribution is 0.0595. The number of pyridine rings is 1. The molecule has 2 rings (SSSR count). The summed E-state index contributed by atoms with van der Waals surface area (Å²) in [6.45, 7) is 6.47. The minimum Gasteiger partial charge on any atom is -0.464 e. The molecule has 0 spiro atoms. The summed E-state index contributed by atoms with van der Waals surface area (Å²) in [7, 11) is -0.295. The Morgan fingerprint density at radius 1 is 1.19 bits per heavy atom. The van der Waals surface area contributed by atoms with E-state index in [1.54, 1.807) is 24.3 Å². The molecule has 0 radical (unpaired) electrons. The van der Waals surface area contributed by atoms with Crippen molar-refractivity contribution in [2.45, 2.75) is 19.6 Å². The Morgan fingerprint density at radius 2 is 1.90 bits per heavy atom. The number of nitrogens with zero attached hydrogens (tertiary/aromatic N) is 1. The van der Waals surface area contributed by atoms with Crippen LogP contribution in [0.25, 0.3) is 11.1 Å². The van der Waals surface area contributed by atoms with Crippen LogP contribution in [0.2, 0.25) is 19.6 Å². The Bertz CT molecular complexity index is 680. The van der Waals surface area contributed by atoms with Crippen molar-refractivity contribution in [3.05, 3.63) is 48.0 Å². The predicted molar refractivity (Wildman–Crippen MR) is 84.0 cm³/mol. The van der Waals surface area contributed by atoms with Crippen LogP contribution in [-0.2, 0) is 4.74 Å². The monoisotopic (exact) mass is 303 g/mol. The second-order valence-corrected chi connectivity index (χ2v) is 10.9. The van der Waals surface area contributed by atoms with Gasteiger partial charge in [0, 0.05) is 17.3 Å². The number of ether oxygens (including phenoxy) is 1. The van der Waals surface area contributed by atoms with Crippen molar-refractivity contribution in [3.8, 4) is 11.1 Å². The topological polar surface area (TPSA) is 39.2 Å². The van der Waals surface area contributed by atoms with Crippen LogP contribution in [0.15, 0.2) is 36.5 Å². The van der Waals surface area contributed by atoms with Gasteiger partial charge in [-0.2, -0.15) is 0 Å². The molecule has 3 nitrogen and oxygen atoms in total. The van der Waals surface area contributed by atoms with Crippen LogP contribution in [-0.4, -0.2) is 26.1 Å². The number of hydrogen-bond acceptors (Lipinski definition) is 3. The number of methoxy groups -OCH3 is 1. The summed E-state index contributed by atoms with van der Waals surface area (Å²) in [6.07, 6.45) is 1.49. The van der Waals surface area contributed by atoms with Crippen LogP contribution in [0.4, 0.5) is 4.39 Å². The van der Waals surface area contributed by atoms with Gasteiger partial charge < -0.3 is 4.74 Å². The maximum atomic E-state index is 14.5. The lowest BCUT2D eigenvalue weighted by atomic mass is 10.0. The van der Waals surface area contributed by atoms with Crippen LogP contribution in [0.5, 0.6) is 0 Å². The van der Waals surface area contributed by atoms with Crippen molar-refractivity contribution in [1.82, 2.24) is 4.98 Å². The number of carbonyl (C=O) groups is 1. The van der Waals surface area contributed by atoms with Gasteiger partial charge in [-0.15, -0.1) is 0 Å². The highest BCUT2D eigenvalue weighted by Gasteiger charge is 2.21. The second kappa shape index (κ2) is 5.77. The Morgan fingerprint density at radius 3 is 2.48 bits per heavy atom. The smallest absolute Gasteiger partial charge is 0.357 e. The van der Waals surface area contributed by atoms with E-state index < -0.39 is 14.0 Å². The van der Waals surface area contributed by atoms with Crippen molar-refractivity contribution in [3.63, 3.8) is 0 Å². The van der Waals surface area contributed by atoms with Gasteiger partial charge in [0.15, 0.2) is 5.69 Å². The Balaban J connectivity index is 2.56. The minimum absolute atomic E-state index is 0.125. The molecule has 1 aromatic heterocycles. The number of carbonyl (C=O) groups excluding carboxylic acids is 1. The van der Waals surface area contributed by atoms with E-state index >= 15 is 0 Å². The van der Waals surface area contributed by atoms with Gasteiger partial charge >= 0.3 is 5.97 Å². The number of aromatic nitrogens is 1. The van der Waals surface area contributed by atoms with Gasteiger partial charge in [0.2, 0.25) is 0 Å². The minimum atomic E-state index is -1.58. The molecule has 0 aliphatic heterocycles. The summed E-state index contributed by atoms with van der Waals surface area (Å²) >= 11 is 0. The van der Waals surface area contributed by atoms with Crippen LogP contribution in [0.1, 0.15) is 10.5 Å². The molecular formula is C16H18FNO2Si.